The fourth-order valence-electron chi connectivity index (χ4n) is 2.20. The number of quaternary nitrogens is 1. The monoisotopic (exact) mass is 329 g/mol. The van der Waals surface area contributed by atoms with Crippen LogP contribution in [0.1, 0.15) is 19.8 Å². The third-order valence-electron chi connectivity index (χ3n) is 3.36. The number of nitrogens with zero attached hydrogens (tertiary/aromatic N) is 1. The summed E-state index contributed by atoms with van der Waals surface area (Å²) in [7, 11) is -3.91. The number of hydrogen-bond donors (Lipinski definition) is 3. The summed E-state index contributed by atoms with van der Waals surface area (Å²) in [5.41, 5.74) is -0.243. The van der Waals surface area contributed by atoms with Crippen LogP contribution >= 0.6 is 0 Å². The van der Waals surface area contributed by atoms with Crippen molar-refractivity contribution in [2.24, 2.45) is 0 Å². The lowest BCUT2D eigenvalue weighted by molar-refractivity contribution is -0.992. The molecule has 1 amide bonds. The first-order valence-electron chi connectivity index (χ1n) is 6.92. The molecule has 0 radical (unpaired) electrons. The van der Waals surface area contributed by atoms with Crippen LogP contribution in [0.5, 0.6) is 0 Å². The van der Waals surface area contributed by atoms with E-state index < -0.39 is 15.2 Å². The number of benzene rings is 1. The van der Waals surface area contributed by atoms with Crippen molar-refractivity contribution < 1.29 is 23.6 Å². The molecule has 22 heavy (non-hydrogen) atoms. The van der Waals surface area contributed by atoms with E-state index >= 15 is 0 Å². The number of sulfonamides is 1. The van der Waals surface area contributed by atoms with Crippen LogP contribution in [0.25, 0.3) is 0 Å². The van der Waals surface area contributed by atoms with Gasteiger partial charge < -0.3 is 10.5 Å². The third-order valence-corrected chi connectivity index (χ3v) is 5.37. The zero-order valence-electron chi connectivity index (χ0n) is 12.2. The Hall–Kier alpha value is -1.52. The molecular weight excluding hydrogens is 310 g/mol. The lowest BCUT2D eigenvalue weighted by Crippen LogP contribution is -2.99. The van der Waals surface area contributed by atoms with E-state index in [1.54, 1.807) is 0 Å². The van der Waals surface area contributed by atoms with Crippen LogP contribution in [0.4, 0.5) is 5.69 Å². The van der Waals surface area contributed by atoms with Gasteiger partial charge in [0.05, 0.1) is 0 Å². The van der Waals surface area contributed by atoms with Crippen molar-refractivity contribution >= 4 is 21.6 Å². The Kier molecular flexibility index (Phi) is 5.14. The van der Waals surface area contributed by atoms with Gasteiger partial charge in [-0.2, -0.15) is 9.53 Å². The minimum atomic E-state index is -3.91. The van der Waals surface area contributed by atoms with Crippen LogP contribution < -0.4 is 10.5 Å². The Bertz CT molecular complexity index is 643. The first kappa shape index (κ1) is 16.8. The number of nitrogens with one attached hydrogen (secondary N) is 2. The molecule has 122 valence electrons. The van der Waals surface area contributed by atoms with Crippen LogP contribution in [0, 0.1) is 5.21 Å². The van der Waals surface area contributed by atoms with Gasteiger partial charge in [-0.1, -0.05) is 12.1 Å². The minimum absolute atomic E-state index is 0.124. The maximum atomic E-state index is 12.8. The topological polar surface area (TPSA) is 114 Å². The molecule has 1 aliphatic rings. The summed E-state index contributed by atoms with van der Waals surface area (Å²) in [5, 5.41) is 21.7. The Morgan fingerprint density at radius 1 is 1.45 bits per heavy atom. The molecule has 8 nitrogen and oxygen atoms in total. The molecule has 0 aromatic heterocycles. The average Bonchev–Trinajstić information content (AvgIpc) is 3.27. The van der Waals surface area contributed by atoms with Crippen molar-refractivity contribution in [3.8, 4) is 0 Å². The van der Waals surface area contributed by atoms with Gasteiger partial charge in [-0.15, -0.1) is 0 Å². The number of carbonyl (C=O) groups excluding carboxylic acids is 1. The van der Waals surface area contributed by atoms with E-state index in [1.807, 2.05) is 0 Å². The fraction of sp³-hybridized carbons (Fsp3) is 0.462. The summed E-state index contributed by atoms with van der Waals surface area (Å²) in [5.74, 6) is -0.237. The zero-order chi connectivity index (χ0) is 16.3. The van der Waals surface area contributed by atoms with Gasteiger partial charge in [-0.3, -0.25) is 4.79 Å². The SMILES string of the molecule is CC(=O)NCCN(C1CC1)S(=O)(=O)c1ccccc1[NH+]([O-])O. The average molecular weight is 329 g/mol. The molecule has 0 bridgehead atoms. The van der Waals surface area contributed by atoms with Gasteiger partial charge in [0.25, 0.3) is 0 Å². The van der Waals surface area contributed by atoms with Gasteiger partial charge in [-0.25, -0.2) is 13.6 Å². The van der Waals surface area contributed by atoms with Gasteiger partial charge in [-0.05, 0) is 18.9 Å². The first-order chi connectivity index (χ1) is 10.3. The van der Waals surface area contributed by atoms with E-state index in [0.717, 1.165) is 12.8 Å². The van der Waals surface area contributed by atoms with E-state index in [-0.39, 0.29) is 35.6 Å². The molecule has 1 aliphatic carbocycles. The second-order valence-electron chi connectivity index (χ2n) is 5.13. The largest absolute Gasteiger partial charge is 0.595 e. The van der Waals surface area contributed by atoms with E-state index in [1.165, 1.54) is 35.5 Å². The molecule has 1 aromatic carbocycles. The van der Waals surface area contributed by atoms with Crippen LogP contribution in [-0.2, 0) is 14.8 Å². The minimum Gasteiger partial charge on any atom is -0.595 e. The molecular formula is C13H19N3O5S. The lowest BCUT2D eigenvalue weighted by Gasteiger charge is -2.24. The first-order valence-corrected chi connectivity index (χ1v) is 8.36. The Morgan fingerprint density at radius 3 is 2.64 bits per heavy atom. The van der Waals surface area contributed by atoms with E-state index in [4.69, 9.17) is 0 Å². The van der Waals surface area contributed by atoms with E-state index in [2.05, 4.69) is 5.32 Å². The lowest BCUT2D eigenvalue weighted by atomic mass is 10.3. The molecule has 9 heteroatoms. The maximum Gasteiger partial charge on any atom is 0.249 e. The highest BCUT2D eigenvalue weighted by Gasteiger charge is 2.39. The summed E-state index contributed by atoms with van der Waals surface area (Å²) in [6, 6.07) is 5.43. The normalized spacial score (nSPS) is 16.5. The van der Waals surface area contributed by atoms with Crippen LogP contribution in [-0.4, -0.2) is 43.0 Å². The van der Waals surface area contributed by atoms with E-state index in [0.29, 0.717) is 0 Å². The molecule has 0 spiro atoms. The van der Waals surface area contributed by atoms with E-state index in [9.17, 15) is 23.6 Å². The molecule has 0 saturated heterocycles. The zero-order valence-corrected chi connectivity index (χ0v) is 13.0. The van der Waals surface area contributed by atoms with Gasteiger partial charge in [0.15, 0.2) is 5.69 Å². The molecule has 1 aromatic rings. The quantitative estimate of drug-likeness (QED) is 0.577. The molecule has 1 saturated carbocycles. The maximum absolute atomic E-state index is 12.8. The number of carbonyl (C=O) groups is 1. The molecule has 1 unspecified atom stereocenters. The summed E-state index contributed by atoms with van der Waals surface area (Å²) >= 11 is 0. The molecule has 3 N–H and O–H groups in total. The molecule has 1 atom stereocenters. The van der Waals surface area contributed by atoms with Crippen LogP contribution in [0.15, 0.2) is 29.2 Å². The highest BCUT2D eigenvalue weighted by Crippen LogP contribution is 2.33. The second kappa shape index (κ2) is 6.71. The predicted octanol–water partition coefficient (Wildman–Crippen LogP) is -0.621. The number of para-hydroxylation sites is 1. The smallest absolute Gasteiger partial charge is 0.249 e. The molecule has 0 aliphatic heterocycles. The van der Waals surface area contributed by atoms with Crippen LogP contribution in [0.2, 0.25) is 0 Å². The predicted molar refractivity (Wildman–Crippen MR) is 77.8 cm³/mol. The van der Waals surface area contributed by atoms with Crippen molar-refractivity contribution in [2.45, 2.75) is 30.7 Å². The molecule has 0 heterocycles. The number of amides is 1. The highest BCUT2D eigenvalue weighted by molar-refractivity contribution is 7.89. The summed E-state index contributed by atoms with van der Waals surface area (Å²) < 4.78 is 26.8. The Labute approximate surface area is 128 Å². The van der Waals surface area contributed by atoms with Gasteiger partial charge >= 0.3 is 0 Å². The number of rotatable bonds is 7. The van der Waals surface area contributed by atoms with Crippen molar-refractivity contribution in [1.82, 2.24) is 9.62 Å². The number of hydrogen-bond acceptors (Lipinski definition) is 5. The Balaban J connectivity index is 2.28. The second-order valence-corrected chi connectivity index (χ2v) is 6.99. The fourth-order valence-corrected chi connectivity index (χ4v) is 4.07. The Morgan fingerprint density at radius 2 is 2.09 bits per heavy atom. The summed E-state index contributed by atoms with van der Waals surface area (Å²) in [6.07, 6.45) is 1.49. The van der Waals surface area contributed by atoms with Crippen LogP contribution in [0.3, 0.4) is 0 Å². The summed E-state index contributed by atoms with van der Waals surface area (Å²) in [6.45, 7) is 1.68. The standard InChI is InChI=1S/C13H19N3O5S/c1-10(17)14-8-9-15(11-6-7-11)22(20,21)13-5-3-2-4-12(13)16(18)19/h2-5,11,16,18H,6-9H2,1H3,(H,14,17). The van der Waals surface area contributed by atoms with Crippen molar-refractivity contribution in [3.63, 3.8) is 0 Å². The summed E-state index contributed by atoms with van der Waals surface area (Å²) in [4.78, 5) is 10.7. The van der Waals surface area contributed by atoms with Crippen molar-refractivity contribution in [3.05, 3.63) is 29.5 Å². The third kappa shape index (κ3) is 3.81. The van der Waals surface area contributed by atoms with Crippen molar-refractivity contribution in [1.29, 1.82) is 0 Å². The molecule has 2 rings (SSSR count). The van der Waals surface area contributed by atoms with Gasteiger partial charge in [0.1, 0.15) is 4.90 Å². The molecule has 1 fully saturated rings. The van der Waals surface area contributed by atoms with Gasteiger partial charge in [0.2, 0.25) is 15.9 Å². The van der Waals surface area contributed by atoms with Crippen molar-refractivity contribution in [2.75, 3.05) is 13.1 Å². The van der Waals surface area contributed by atoms with Gasteiger partial charge in [0, 0.05) is 32.1 Å². The highest BCUT2D eigenvalue weighted by atomic mass is 32.2.